The number of benzene rings is 4. The molecule has 0 N–H and O–H groups in total. The van der Waals surface area contributed by atoms with Gasteiger partial charge in [-0.2, -0.15) is 0 Å². The summed E-state index contributed by atoms with van der Waals surface area (Å²) in [6, 6.07) is 33.6. The maximum atomic E-state index is 5.29. The minimum absolute atomic E-state index is 0.841. The quantitative estimate of drug-likeness (QED) is 0.228. The predicted octanol–water partition coefficient (Wildman–Crippen LogP) is 7.65. The zero-order chi connectivity index (χ0) is 25.9. The maximum absolute atomic E-state index is 5.29. The van der Waals surface area contributed by atoms with Gasteiger partial charge in [-0.25, -0.2) is 0 Å². The normalized spacial score (nSPS) is 11.1. The summed E-state index contributed by atoms with van der Waals surface area (Å²) in [7, 11) is 3.38. The van der Waals surface area contributed by atoms with Crippen LogP contribution in [0.2, 0.25) is 0 Å². The van der Waals surface area contributed by atoms with E-state index in [4.69, 9.17) is 19.4 Å². The van der Waals surface area contributed by atoms with Crippen LogP contribution < -0.4 is 9.47 Å². The van der Waals surface area contributed by atoms with E-state index in [-0.39, 0.29) is 0 Å². The molecule has 0 radical (unpaired) electrons. The number of pyridine rings is 2. The topological polar surface area (TPSA) is 44.2 Å². The third-order valence-electron chi connectivity index (χ3n) is 7.08. The van der Waals surface area contributed by atoms with E-state index < -0.39 is 0 Å². The molecule has 0 saturated carbocycles. The molecule has 4 nitrogen and oxygen atoms in total. The molecule has 0 aliphatic rings. The van der Waals surface area contributed by atoms with Crippen LogP contribution in [0.3, 0.4) is 0 Å². The number of hydrogen-bond donors (Lipinski definition) is 0. The van der Waals surface area contributed by atoms with E-state index >= 15 is 0 Å². The van der Waals surface area contributed by atoms with Crippen molar-refractivity contribution in [2.75, 3.05) is 14.2 Å². The van der Waals surface area contributed by atoms with Gasteiger partial charge in [-0.3, -0.25) is 9.97 Å². The molecule has 6 aromatic rings. The van der Waals surface area contributed by atoms with Crippen molar-refractivity contribution in [1.29, 1.82) is 0 Å². The summed E-state index contributed by atoms with van der Waals surface area (Å²) in [4.78, 5) is 9.65. The molecule has 0 aliphatic heterocycles. The van der Waals surface area contributed by atoms with Crippen molar-refractivity contribution in [2.45, 2.75) is 12.8 Å². The molecule has 4 aromatic carbocycles. The van der Waals surface area contributed by atoms with E-state index in [0.717, 1.165) is 57.3 Å². The number of ether oxygens (including phenoxy) is 2. The molecule has 0 atom stereocenters. The van der Waals surface area contributed by atoms with Gasteiger partial charge >= 0.3 is 0 Å². The summed E-state index contributed by atoms with van der Waals surface area (Å²) in [5.74, 6) is 1.74. The van der Waals surface area contributed by atoms with Crippen LogP contribution in [0.4, 0.5) is 0 Å². The minimum Gasteiger partial charge on any atom is -0.497 e. The lowest BCUT2D eigenvalue weighted by Gasteiger charge is -2.11. The van der Waals surface area contributed by atoms with E-state index in [9.17, 15) is 0 Å². The summed E-state index contributed by atoms with van der Waals surface area (Å²) in [5, 5.41) is 4.65. The summed E-state index contributed by atoms with van der Waals surface area (Å²) < 4.78 is 10.6. The molecular formula is C34H28N2O2. The minimum atomic E-state index is 0.841. The molecule has 0 spiro atoms. The largest absolute Gasteiger partial charge is 0.497 e. The van der Waals surface area contributed by atoms with Crippen molar-refractivity contribution in [3.8, 4) is 22.9 Å². The first kappa shape index (κ1) is 23.7. The smallest absolute Gasteiger partial charge is 0.118 e. The highest BCUT2D eigenvalue weighted by Gasteiger charge is 2.10. The Morgan fingerprint density at radius 1 is 0.526 bits per heavy atom. The molecule has 0 saturated heterocycles. The number of aromatic nitrogens is 2. The Hall–Kier alpha value is -4.70. The summed E-state index contributed by atoms with van der Waals surface area (Å²) in [5.41, 5.74) is 6.74. The summed E-state index contributed by atoms with van der Waals surface area (Å²) in [6.07, 6.45) is 5.64. The van der Waals surface area contributed by atoms with Gasteiger partial charge in [0.05, 0.1) is 25.6 Å². The van der Waals surface area contributed by atoms with Crippen molar-refractivity contribution in [3.05, 3.63) is 132 Å². The molecule has 0 bridgehead atoms. The van der Waals surface area contributed by atoms with Gasteiger partial charge in [-0.05, 0) is 82.3 Å². The monoisotopic (exact) mass is 496 g/mol. The van der Waals surface area contributed by atoms with Crippen LogP contribution in [0.1, 0.15) is 22.3 Å². The van der Waals surface area contributed by atoms with Gasteiger partial charge in [0.2, 0.25) is 0 Å². The van der Waals surface area contributed by atoms with Crippen molar-refractivity contribution in [1.82, 2.24) is 9.97 Å². The van der Waals surface area contributed by atoms with Gasteiger partial charge in [0.25, 0.3) is 0 Å². The Morgan fingerprint density at radius 2 is 0.947 bits per heavy atom. The first-order valence-corrected chi connectivity index (χ1v) is 12.7. The first-order valence-electron chi connectivity index (χ1n) is 12.7. The Balaban J connectivity index is 1.29. The van der Waals surface area contributed by atoms with Gasteiger partial charge in [0.1, 0.15) is 11.5 Å². The summed E-state index contributed by atoms with van der Waals surface area (Å²) in [6.45, 7) is 0. The summed E-state index contributed by atoms with van der Waals surface area (Å²) >= 11 is 0. The highest BCUT2D eigenvalue weighted by molar-refractivity contribution is 5.91. The number of fused-ring (bicyclic) bond motifs is 2. The number of nitrogens with zero attached hydrogens (tertiary/aromatic N) is 2. The zero-order valence-corrected chi connectivity index (χ0v) is 21.5. The molecule has 0 unspecified atom stereocenters. The van der Waals surface area contributed by atoms with E-state index in [2.05, 4.69) is 72.8 Å². The number of rotatable bonds is 7. The van der Waals surface area contributed by atoms with Crippen LogP contribution in [0, 0.1) is 0 Å². The Labute approximate surface area is 222 Å². The molecule has 0 aliphatic carbocycles. The van der Waals surface area contributed by atoms with Gasteiger partial charge in [-0.1, -0.05) is 60.7 Å². The Kier molecular flexibility index (Phi) is 6.45. The van der Waals surface area contributed by atoms with Crippen LogP contribution >= 0.6 is 0 Å². The third-order valence-corrected chi connectivity index (χ3v) is 7.08. The SMILES string of the molecule is COc1ccc(Cc2cccc3cc(-c4cc5cccc(Cc6ccc(OC)cc6)c5cn4)ncc23)cc1. The van der Waals surface area contributed by atoms with Gasteiger partial charge < -0.3 is 9.47 Å². The second-order valence-corrected chi connectivity index (χ2v) is 9.47. The molecule has 38 heavy (non-hydrogen) atoms. The molecule has 0 fully saturated rings. The van der Waals surface area contributed by atoms with Crippen LogP contribution in [0.25, 0.3) is 32.9 Å². The first-order chi connectivity index (χ1) is 18.7. The van der Waals surface area contributed by atoms with Gasteiger partial charge in [0, 0.05) is 23.2 Å². The second-order valence-electron chi connectivity index (χ2n) is 9.47. The highest BCUT2D eigenvalue weighted by Crippen LogP contribution is 2.28. The highest BCUT2D eigenvalue weighted by atomic mass is 16.5. The van der Waals surface area contributed by atoms with Gasteiger partial charge in [0.15, 0.2) is 0 Å². The van der Waals surface area contributed by atoms with Crippen LogP contribution in [0.5, 0.6) is 11.5 Å². The van der Waals surface area contributed by atoms with E-state index in [0.29, 0.717) is 0 Å². The molecule has 4 heteroatoms. The van der Waals surface area contributed by atoms with Gasteiger partial charge in [-0.15, -0.1) is 0 Å². The number of methoxy groups -OCH3 is 2. The zero-order valence-electron chi connectivity index (χ0n) is 21.5. The van der Waals surface area contributed by atoms with Crippen molar-refractivity contribution in [2.24, 2.45) is 0 Å². The van der Waals surface area contributed by atoms with Crippen LogP contribution in [0.15, 0.2) is 109 Å². The third kappa shape index (κ3) is 4.81. The fourth-order valence-corrected chi connectivity index (χ4v) is 4.98. The molecule has 2 aromatic heterocycles. The fraction of sp³-hybridized carbons (Fsp3) is 0.118. The standard InChI is InChI=1S/C34H28N2O2/c1-37-29-13-9-23(10-14-29)17-25-5-3-7-27-19-33(35-21-31(25)27)34-20-28-8-4-6-26(32(28)22-36-34)18-24-11-15-30(38-2)16-12-24/h3-16,19-22H,17-18H2,1-2H3. The fourth-order valence-electron chi connectivity index (χ4n) is 4.98. The lowest BCUT2D eigenvalue weighted by molar-refractivity contribution is 0.414. The average Bonchev–Trinajstić information content (AvgIpc) is 2.98. The second kappa shape index (κ2) is 10.3. The van der Waals surface area contributed by atoms with Crippen molar-refractivity contribution < 1.29 is 9.47 Å². The van der Waals surface area contributed by atoms with E-state index in [1.807, 2.05) is 36.7 Å². The molecule has 6 rings (SSSR count). The van der Waals surface area contributed by atoms with Crippen molar-refractivity contribution >= 4 is 21.5 Å². The molecule has 186 valence electrons. The lowest BCUT2D eigenvalue weighted by Crippen LogP contribution is -1.94. The number of hydrogen-bond acceptors (Lipinski definition) is 4. The maximum Gasteiger partial charge on any atom is 0.118 e. The van der Waals surface area contributed by atoms with E-state index in [1.54, 1.807) is 14.2 Å². The van der Waals surface area contributed by atoms with Crippen LogP contribution in [-0.2, 0) is 12.8 Å². The van der Waals surface area contributed by atoms with Crippen LogP contribution in [-0.4, -0.2) is 24.2 Å². The molecular weight excluding hydrogens is 468 g/mol. The van der Waals surface area contributed by atoms with E-state index in [1.165, 1.54) is 22.3 Å². The molecule has 0 amide bonds. The van der Waals surface area contributed by atoms with Crippen molar-refractivity contribution in [3.63, 3.8) is 0 Å². The average molecular weight is 497 g/mol. The predicted molar refractivity (Wildman–Crippen MR) is 154 cm³/mol. The Bertz CT molecular complexity index is 1590. The Morgan fingerprint density at radius 3 is 1.34 bits per heavy atom. The lowest BCUT2D eigenvalue weighted by atomic mass is 9.98. The molecule has 2 heterocycles.